The molecule has 1 unspecified atom stereocenters. The maximum atomic E-state index is 12.5. The molecule has 1 aliphatic rings. The monoisotopic (exact) mass is 249 g/mol. The fourth-order valence-electron chi connectivity index (χ4n) is 2.27. The normalized spacial score (nSPS) is 21.5. The minimum atomic E-state index is 0.0509. The number of Topliss-reactive ketones (excluding diaryl/α,β-unsaturated/α-hetero) is 1. The van der Waals surface area contributed by atoms with Crippen LogP contribution >= 0.6 is 11.8 Å². The number of rotatable bonds is 2. The smallest absolute Gasteiger partial charge is 0.180 e. The van der Waals surface area contributed by atoms with E-state index in [1.807, 2.05) is 44.8 Å². The lowest BCUT2D eigenvalue weighted by Crippen LogP contribution is -2.44. The quantitative estimate of drug-likeness (QED) is 0.751. The average Bonchev–Trinajstić information content (AvgIpc) is 2.27. The molecule has 1 aliphatic heterocycles. The van der Waals surface area contributed by atoms with Gasteiger partial charge < -0.3 is 0 Å². The van der Waals surface area contributed by atoms with Crippen molar-refractivity contribution in [2.24, 2.45) is 0 Å². The van der Waals surface area contributed by atoms with Gasteiger partial charge in [-0.15, -0.1) is 0 Å². The summed E-state index contributed by atoms with van der Waals surface area (Å²) in [4.78, 5) is 14.6. The van der Waals surface area contributed by atoms with Gasteiger partial charge in [0.05, 0.1) is 6.04 Å². The standard InChI is InChI=1S/C14H19NOS/c1-10-6-11(2)8-12(7-10)14(16)13-9-17-5-4-15(13)3/h6-8,13H,4-5,9H2,1-3H3. The van der Waals surface area contributed by atoms with E-state index in [1.165, 1.54) is 11.1 Å². The molecule has 17 heavy (non-hydrogen) atoms. The number of carbonyl (C=O) groups is 1. The van der Waals surface area contributed by atoms with Crippen LogP contribution in [0.15, 0.2) is 18.2 Å². The number of nitrogens with zero attached hydrogens (tertiary/aromatic N) is 1. The third kappa shape index (κ3) is 2.90. The third-order valence-corrected chi connectivity index (χ3v) is 4.23. The van der Waals surface area contributed by atoms with Crippen LogP contribution < -0.4 is 0 Å². The van der Waals surface area contributed by atoms with Crippen LogP contribution in [0.5, 0.6) is 0 Å². The summed E-state index contributed by atoms with van der Waals surface area (Å²) >= 11 is 1.88. The summed E-state index contributed by atoms with van der Waals surface area (Å²) in [5.74, 6) is 2.32. The van der Waals surface area contributed by atoms with E-state index in [0.29, 0.717) is 0 Å². The molecule has 0 saturated carbocycles. The molecule has 1 aromatic rings. The van der Waals surface area contributed by atoms with Crippen LogP contribution in [0.2, 0.25) is 0 Å². The molecule has 1 fully saturated rings. The number of likely N-dealkylation sites (N-methyl/N-ethyl adjacent to an activating group) is 1. The maximum Gasteiger partial charge on any atom is 0.180 e. The van der Waals surface area contributed by atoms with E-state index >= 15 is 0 Å². The zero-order valence-corrected chi connectivity index (χ0v) is 11.5. The minimum absolute atomic E-state index is 0.0509. The predicted molar refractivity (Wildman–Crippen MR) is 74.0 cm³/mol. The van der Waals surface area contributed by atoms with Gasteiger partial charge in [-0.2, -0.15) is 11.8 Å². The first kappa shape index (κ1) is 12.7. The van der Waals surface area contributed by atoms with E-state index in [1.54, 1.807) is 0 Å². The van der Waals surface area contributed by atoms with Crippen LogP contribution in [-0.2, 0) is 0 Å². The lowest BCUT2D eigenvalue weighted by molar-refractivity contribution is 0.0874. The summed E-state index contributed by atoms with van der Waals surface area (Å²) in [5, 5.41) is 0. The first-order valence-corrected chi connectivity index (χ1v) is 7.14. The maximum absolute atomic E-state index is 12.5. The first-order valence-electron chi connectivity index (χ1n) is 5.98. The highest BCUT2D eigenvalue weighted by molar-refractivity contribution is 7.99. The highest BCUT2D eigenvalue weighted by Crippen LogP contribution is 2.20. The molecule has 1 heterocycles. The highest BCUT2D eigenvalue weighted by Gasteiger charge is 2.27. The van der Waals surface area contributed by atoms with Crippen molar-refractivity contribution in [2.45, 2.75) is 19.9 Å². The molecule has 1 saturated heterocycles. The SMILES string of the molecule is Cc1cc(C)cc(C(=O)C2CSCCN2C)c1. The van der Waals surface area contributed by atoms with E-state index in [4.69, 9.17) is 0 Å². The van der Waals surface area contributed by atoms with E-state index < -0.39 is 0 Å². The molecule has 1 atom stereocenters. The number of carbonyl (C=O) groups excluding carboxylic acids is 1. The second kappa shape index (κ2) is 5.23. The Bertz CT molecular complexity index is 410. The van der Waals surface area contributed by atoms with Gasteiger partial charge >= 0.3 is 0 Å². The van der Waals surface area contributed by atoms with Gasteiger partial charge in [0.25, 0.3) is 0 Å². The molecule has 2 rings (SSSR count). The second-order valence-corrected chi connectivity index (χ2v) is 5.96. The Morgan fingerprint density at radius 1 is 1.29 bits per heavy atom. The Balaban J connectivity index is 2.23. The fourth-order valence-corrected chi connectivity index (χ4v) is 3.48. The van der Waals surface area contributed by atoms with Crippen molar-refractivity contribution in [2.75, 3.05) is 25.1 Å². The number of aryl methyl sites for hydroxylation is 2. The first-order chi connectivity index (χ1) is 8.08. The van der Waals surface area contributed by atoms with Crippen LogP contribution in [0.3, 0.4) is 0 Å². The summed E-state index contributed by atoms with van der Waals surface area (Å²) in [6, 6.07) is 6.16. The number of hydrogen-bond donors (Lipinski definition) is 0. The molecule has 0 spiro atoms. The average molecular weight is 249 g/mol. The van der Waals surface area contributed by atoms with Gasteiger partial charge in [-0.1, -0.05) is 17.2 Å². The van der Waals surface area contributed by atoms with Gasteiger partial charge in [0.2, 0.25) is 0 Å². The molecular formula is C14H19NOS. The number of hydrogen-bond acceptors (Lipinski definition) is 3. The molecule has 2 nitrogen and oxygen atoms in total. The van der Waals surface area contributed by atoms with Crippen molar-refractivity contribution < 1.29 is 4.79 Å². The van der Waals surface area contributed by atoms with E-state index in [-0.39, 0.29) is 11.8 Å². The molecule has 0 aliphatic carbocycles. The van der Waals surface area contributed by atoms with Gasteiger partial charge in [0.15, 0.2) is 5.78 Å². The van der Waals surface area contributed by atoms with Crippen LogP contribution in [0, 0.1) is 13.8 Å². The van der Waals surface area contributed by atoms with Crippen molar-refractivity contribution in [3.05, 3.63) is 34.9 Å². The summed E-state index contributed by atoms with van der Waals surface area (Å²) < 4.78 is 0. The fraction of sp³-hybridized carbons (Fsp3) is 0.500. The van der Waals surface area contributed by atoms with Gasteiger partial charge in [-0.05, 0) is 33.0 Å². The van der Waals surface area contributed by atoms with Gasteiger partial charge in [0, 0.05) is 23.6 Å². The summed E-state index contributed by atoms with van der Waals surface area (Å²) in [6.07, 6.45) is 0. The predicted octanol–water partition coefficient (Wildman–Crippen LogP) is 2.53. The van der Waals surface area contributed by atoms with Crippen molar-refractivity contribution in [3.63, 3.8) is 0 Å². The second-order valence-electron chi connectivity index (χ2n) is 4.81. The lowest BCUT2D eigenvalue weighted by Gasteiger charge is -2.31. The zero-order valence-electron chi connectivity index (χ0n) is 10.7. The van der Waals surface area contributed by atoms with Crippen LogP contribution in [0.4, 0.5) is 0 Å². The third-order valence-electron chi connectivity index (χ3n) is 3.20. The minimum Gasteiger partial charge on any atom is -0.295 e. The molecule has 0 N–H and O–H groups in total. The summed E-state index contributed by atoms with van der Waals surface area (Å²) in [7, 11) is 2.05. The summed E-state index contributed by atoms with van der Waals surface area (Å²) in [6.45, 7) is 5.10. The zero-order chi connectivity index (χ0) is 12.4. The molecule has 0 radical (unpaired) electrons. The van der Waals surface area contributed by atoms with Gasteiger partial charge in [-0.3, -0.25) is 9.69 Å². The Morgan fingerprint density at radius 3 is 2.53 bits per heavy atom. The van der Waals surface area contributed by atoms with Gasteiger partial charge in [0.1, 0.15) is 0 Å². The van der Waals surface area contributed by atoms with Crippen molar-refractivity contribution in [1.82, 2.24) is 4.90 Å². The van der Waals surface area contributed by atoms with Crippen molar-refractivity contribution in [1.29, 1.82) is 0 Å². The van der Waals surface area contributed by atoms with E-state index in [0.717, 1.165) is 23.6 Å². The number of benzene rings is 1. The van der Waals surface area contributed by atoms with Crippen LogP contribution in [-0.4, -0.2) is 41.8 Å². The Kier molecular flexibility index (Phi) is 3.89. The lowest BCUT2D eigenvalue weighted by atomic mass is 10.00. The Hall–Kier alpha value is -0.800. The van der Waals surface area contributed by atoms with E-state index in [2.05, 4.69) is 11.0 Å². The molecule has 1 aromatic carbocycles. The molecule has 0 bridgehead atoms. The molecule has 92 valence electrons. The largest absolute Gasteiger partial charge is 0.295 e. The summed E-state index contributed by atoms with van der Waals surface area (Å²) in [5.41, 5.74) is 3.20. The molecule has 3 heteroatoms. The van der Waals surface area contributed by atoms with Gasteiger partial charge in [-0.25, -0.2) is 0 Å². The topological polar surface area (TPSA) is 20.3 Å². The number of thioether (sulfide) groups is 1. The van der Waals surface area contributed by atoms with Crippen molar-refractivity contribution in [3.8, 4) is 0 Å². The molecule has 0 aromatic heterocycles. The molecular weight excluding hydrogens is 230 g/mol. The highest BCUT2D eigenvalue weighted by atomic mass is 32.2. The molecule has 0 amide bonds. The Morgan fingerprint density at radius 2 is 1.94 bits per heavy atom. The Labute approximate surface area is 107 Å². The van der Waals surface area contributed by atoms with Crippen molar-refractivity contribution >= 4 is 17.5 Å². The van der Waals surface area contributed by atoms with E-state index in [9.17, 15) is 4.79 Å². The van der Waals surface area contributed by atoms with Crippen LogP contribution in [0.25, 0.3) is 0 Å². The number of ketones is 1. The van der Waals surface area contributed by atoms with Crippen LogP contribution in [0.1, 0.15) is 21.5 Å².